The largest absolute Gasteiger partial charge is 0.471 e. The fourth-order valence-electron chi connectivity index (χ4n) is 2.85. The number of halogens is 4. The molecule has 32 heavy (non-hydrogen) atoms. The number of amides is 1. The molecule has 0 atom stereocenters. The number of hydrogen-bond donors (Lipinski definition) is 1. The minimum atomic E-state index is -0.432. The Hall–Kier alpha value is -2.71. The molecule has 0 aliphatic rings. The second kappa shape index (κ2) is 9.83. The van der Waals surface area contributed by atoms with E-state index in [0.29, 0.717) is 27.4 Å². The highest BCUT2D eigenvalue weighted by Crippen LogP contribution is 2.25. The first-order chi connectivity index (χ1) is 15.4. The Labute approximate surface area is 203 Å². The van der Waals surface area contributed by atoms with Crippen LogP contribution >= 0.6 is 46.4 Å². The molecule has 0 spiro atoms. The van der Waals surface area contributed by atoms with E-state index in [9.17, 15) is 4.79 Å². The van der Waals surface area contributed by atoms with Crippen molar-refractivity contribution in [1.82, 2.24) is 19.6 Å². The minimum absolute atomic E-state index is 0.0363. The molecule has 2 heterocycles. The molecule has 0 bridgehead atoms. The molecular weight excluding hydrogens is 496 g/mol. The summed E-state index contributed by atoms with van der Waals surface area (Å²) < 4.78 is 8.65. The lowest BCUT2D eigenvalue weighted by Crippen LogP contribution is -2.20. The van der Waals surface area contributed by atoms with Gasteiger partial charge in [0.15, 0.2) is 12.5 Å². The molecular formula is C21H15Cl4N5O2. The van der Waals surface area contributed by atoms with E-state index in [1.807, 2.05) is 0 Å². The Bertz CT molecular complexity index is 1250. The summed E-state index contributed by atoms with van der Waals surface area (Å²) in [6.45, 7) is 0.396. The van der Waals surface area contributed by atoms with Crippen molar-refractivity contribution in [3.63, 3.8) is 0 Å². The number of carbonyl (C=O) groups is 1. The molecule has 11 heteroatoms. The summed E-state index contributed by atoms with van der Waals surface area (Å²) in [6, 6.07) is 13.6. The second-order valence-corrected chi connectivity index (χ2v) is 8.34. The van der Waals surface area contributed by atoms with Crippen molar-refractivity contribution in [2.45, 2.75) is 13.3 Å². The van der Waals surface area contributed by atoms with E-state index in [1.54, 1.807) is 59.4 Å². The predicted molar refractivity (Wildman–Crippen MR) is 125 cm³/mol. The highest BCUT2D eigenvalue weighted by Gasteiger charge is 2.17. The van der Waals surface area contributed by atoms with Gasteiger partial charge in [0.25, 0.3) is 5.91 Å². The molecule has 0 saturated carbocycles. The monoisotopic (exact) mass is 509 g/mol. The highest BCUT2D eigenvalue weighted by atomic mass is 35.5. The standard InChI is InChI=1S/C21H15Cl4N5O2/c22-14-3-5-16(6-4-14)32-12-30-19(7-8-26-30)21(31)27-20-18(25)11-29(28-20)10-13-1-2-15(23)9-17(13)24/h1-9,11H,10,12H2,(H,27,28,31). The van der Waals surface area contributed by atoms with Gasteiger partial charge in [-0.25, -0.2) is 4.68 Å². The smallest absolute Gasteiger partial charge is 0.275 e. The summed E-state index contributed by atoms with van der Waals surface area (Å²) in [4.78, 5) is 12.8. The van der Waals surface area contributed by atoms with E-state index in [1.165, 1.54) is 10.9 Å². The third-order valence-corrected chi connectivity index (χ3v) is 5.53. The number of rotatable bonds is 7. The molecule has 2 aromatic carbocycles. The van der Waals surface area contributed by atoms with Gasteiger partial charge in [0.2, 0.25) is 0 Å². The lowest BCUT2D eigenvalue weighted by molar-refractivity contribution is 0.100. The number of nitrogens with zero attached hydrogens (tertiary/aromatic N) is 4. The summed E-state index contributed by atoms with van der Waals surface area (Å²) in [5.74, 6) is 0.380. The van der Waals surface area contributed by atoms with E-state index in [4.69, 9.17) is 51.1 Å². The van der Waals surface area contributed by atoms with Gasteiger partial charge in [-0.15, -0.1) is 0 Å². The van der Waals surface area contributed by atoms with Gasteiger partial charge in [-0.1, -0.05) is 52.5 Å². The zero-order valence-corrected chi connectivity index (χ0v) is 19.3. The van der Waals surface area contributed by atoms with Crippen molar-refractivity contribution in [1.29, 1.82) is 0 Å². The van der Waals surface area contributed by atoms with Crippen LogP contribution in [0.15, 0.2) is 60.9 Å². The maximum Gasteiger partial charge on any atom is 0.275 e. The third-order valence-electron chi connectivity index (χ3n) is 4.41. The Morgan fingerprint density at radius 2 is 1.72 bits per heavy atom. The van der Waals surface area contributed by atoms with Crippen LogP contribution in [0.4, 0.5) is 5.82 Å². The maximum atomic E-state index is 12.8. The summed E-state index contributed by atoms with van der Waals surface area (Å²) in [5.41, 5.74) is 1.09. The van der Waals surface area contributed by atoms with Gasteiger partial charge in [0.05, 0.1) is 6.54 Å². The van der Waals surface area contributed by atoms with Gasteiger partial charge >= 0.3 is 0 Å². The molecule has 7 nitrogen and oxygen atoms in total. The molecule has 0 unspecified atom stereocenters. The van der Waals surface area contributed by atoms with Crippen molar-refractivity contribution in [2.75, 3.05) is 5.32 Å². The van der Waals surface area contributed by atoms with E-state index in [0.717, 1.165) is 5.56 Å². The van der Waals surface area contributed by atoms with Crippen molar-refractivity contribution in [2.24, 2.45) is 0 Å². The normalized spacial score (nSPS) is 10.9. The van der Waals surface area contributed by atoms with E-state index >= 15 is 0 Å². The maximum absolute atomic E-state index is 12.8. The number of aromatic nitrogens is 4. The molecule has 0 aliphatic carbocycles. The molecule has 164 valence electrons. The molecule has 1 N–H and O–H groups in total. The summed E-state index contributed by atoms with van der Waals surface area (Å²) in [6.07, 6.45) is 3.10. The van der Waals surface area contributed by atoms with Crippen molar-refractivity contribution in [3.8, 4) is 5.75 Å². The number of nitrogens with one attached hydrogen (secondary N) is 1. The van der Waals surface area contributed by atoms with Crippen LogP contribution in [0.3, 0.4) is 0 Å². The topological polar surface area (TPSA) is 74.0 Å². The number of carbonyl (C=O) groups excluding carboxylic acids is 1. The quantitative estimate of drug-likeness (QED) is 0.329. The number of benzene rings is 2. The zero-order chi connectivity index (χ0) is 22.7. The Morgan fingerprint density at radius 1 is 0.969 bits per heavy atom. The highest BCUT2D eigenvalue weighted by molar-refractivity contribution is 6.35. The van der Waals surface area contributed by atoms with Crippen LogP contribution in [0.5, 0.6) is 5.75 Å². The van der Waals surface area contributed by atoms with Crippen LogP contribution in [0.1, 0.15) is 16.1 Å². The Balaban J connectivity index is 1.43. The van der Waals surface area contributed by atoms with Gasteiger partial charge in [-0.2, -0.15) is 10.2 Å². The fraction of sp³-hybridized carbons (Fsp3) is 0.0952. The van der Waals surface area contributed by atoms with Crippen LogP contribution in [-0.4, -0.2) is 25.5 Å². The van der Waals surface area contributed by atoms with Crippen LogP contribution < -0.4 is 10.1 Å². The van der Waals surface area contributed by atoms with Crippen LogP contribution in [-0.2, 0) is 13.3 Å². The molecule has 1 amide bonds. The van der Waals surface area contributed by atoms with Crippen molar-refractivity contribution < 1.29 is 9.53 Å². The molecule has 0 fully saturated rings. The Morgan fingerprint density at radius 3 is 2.47 bits per heavy atom. The lowest BCUT2D eigenvalue weighted by Gasteiger charge is -2.09. The van der Waals surface area contributed by atoms with Crippen LogP contribution in [0.2, 0.25) is 20.1 Å². The van der Waals surface area contributed by atoms with Gasteiger partial charge in [0, 0.05) is 27.5 Å². The Kier molecular flexibility index (Phi) is 6.91. The van der Waals surface area contributed by atoms with Crippen LogP contribution in [0.25, 0.3) is 0 Å². The van der Waals surface area contributed by atoms with Crippen LogP contribution in [0, 0.1) is 0 Å². The first-order valence-corrected chi connectivity index (χ1v) is 10.8. The summed E-state index contributed by atoms with van der Waals surface area (Å²) in [5, 5.41) is 13.1. The summed E-state index contributed by atoms with van der Waals surface area (Å²) >= 11 is 24.3. The molecule has 0 saturated heterocycles. The summed E-state index contributed by atoms with van der Waals surface area (Å²) in [7, 11) is 0. The van der Waals surface area contributed by atoms with Gasteiger partial charge in [-0.05, 0) is 48.0 Å². The first-order valence-electron chi connectivity index (χ1n) is 9.27. The molecule has 4 rings (SSSR count). The average Bonchev–Trinajstić information content (AvgIpc) is 3.36. The van der Waals surface area contributed by atoms with E-state index in [-0.39, 0.29) is 23.3 Å². The second-order valence-electron chi connectivity index (χ2n) is 6.66. The SMILES string of the molecule is O=C(Nc1nn(Cc2ccc(Cl)cc2Cl)cc1Cl)c1ccnn1COc1ccc(Cl)cc1. The van der Waals surface area contributed by atoms with E-state index in [2.05, 4.69) is 15.5 Å². The van der Waals surface area contributed by atoms with Crippen molar-refractivity contribution >= 4 is 58.1 Å². The predicted octanol–water partition coefficient (Wildman–Crippen LogP) is 6.03. The fourth-order valence-corrected chi connectivity index (χ4v) is 3.65. The van der Waals surface area contributed by atoms with E-state index < -0.39 is 5.91 Å². The van der Waals surface area contributed by atoms with Gasteiger partial charge < -0.3 is 10.1 Å². The minimum Gasteiger partial charge on any atom is -0.471 e. The average molecular weight is 511 g/mol. The van der Waals surface area contributed by atoms with Crippen molar-refractivity contribution in [3.05, 3.63) is 92.3 Å². The number of ether oxygens (including phenoxy) is 1. The molecule has 0 aliphatic heterocycles. The first kappa shape index (κ1) is 22.5. The molecule has 0 radical (unpaired) electrons. The van der Waals surface area contributed by atoms with Gasteiger partial charge in [0.1, 0.15) is 16.5 Å². The lowest BCUT2D eigenvalue weighted by atomic mass is 10.2. The molecule has 2 aromatic heterocycles. The number of hydrogen-bond acceptors (Lipinski definition) is 4. The number of anilines is 1. The third kappa shape index (κ3) is 5.37. The van der Waals surface area contributed by atoms with Gasteiger partial charge in [-0.3, -0.25) is 9.48 Å². The zero-order valence-electron chi connectivity index (χ0n) is 16.3. The molecule has 4 aromatic rings.